The molecule has 4 nitrogen and oxygen atoms in total. The van der Waals surface area contributed by atoms with Gasteiger partial charge in [0.2, 0.25) is 10.0 Å². The van der Waals surface area contributed by atoms with Gasteiger partial charge in [-0.15, -0.1) is 0 Å². The van der Waals surface area contributed by atoms with E-state index >= 15 is 0 Å². The maximum Gasteiger partial charge on any atom is 0.209 e. The van der Waals surface area contributed by atoms with E-state index in [1.165, 1.54) is 0 Å². The molecule has 1 fully saturated rings. The molecular weight excluding hydrogens is 202 g/mol. The topological polar surface area (TPSA) is 69.4 Å². The molecule has 0 bridgehead atoms. The molecule has 0 spiro atoms. The molecule has 0 atom stereocenters. The van der Waals surface area contributed by atoms with Crippen LogP contribution in [-0.2, 0) is 14.8 Å². The fourth-order valence-electron chi connectivity index (χ4n) is 1.77. The second-order valence-electron chi connectivity index (χ2n) is 3.92. The minimum atomic E-state index is -3.25. The molecule has 14 heavy (non-hydrogen) atoms. The average Bonchev–Trinajstić information content (AvgIpc) is 2.13. The summed E-state index contributed by atoms with van der Waals surface area (Å²) in [6, 6.07) is 0. The van der Waals surface area contributed by atoms with E-state index in [9.17, 15) is 8.42 Å². The maximum atomic E-state index is 10.6. The maximum absolute atomic E-state index is 10.6. The van der Waals surface area contributed by atoms with Crippen LogP contribution in [0.5, 0.6) is 0 Å². The monoisotopic (exact) mass is 221 g/mol. The molecule has 1 aliphatic heterocycles. The molecule has 0 amide bonds. The van der Waals surface area contributed by atoms with Crippen molar-refractivity contribution in [2.45, 2.75) is 32.1 Å². The zero-order chi connectivity index (χ0) is 10.4. The van der Waals surface area contributed by atoms with Crippen LogP contribution in [-0.4, -0.2) is 27.4 Å². The van der Waals surface area contributed by atoms with Gasteiger partial charge >= 0.3 is 0 Å². The van der Waals surface area contributed by atoms with Gasteiger partial charge in [0.05, 0.1) is 5.75 Å². The molecule has 1 rings (SSSR count). The lowest BCUT2D eigenvalue weighted by molar-refractivity contribution is 0.0633. The summed E-state index contributed by atoms with van der Waals surface area (Å²) >= 11 is 0. The first-order valence-electron chi connectivity index (χ1n) is 5.16. The highest BCUT2D eigenvalue weighted by Gasteiger charge is 2.13. The number of unbranched alkanes of at least 4 members (excludes halogenated alkanes) is 1. The summed E-state index contributed by atoms with van der Waals surface area (Å²) in [6.45, 7) is 1.72. The zero-order valence-electron chi connectivity index (χ0n) is 8.44. The van der Waals surface area contributed by atoms with Crippen molar-refractivity contribution in [2.75, 3.05) is 19.0 Å². The van der Waals surface area contributed by atoms with Crippen molar-refractivity contribution >= 4 is 10.0 Å². The lowest BCUT2D eigenvalue weighted by Gasteiger charge is -2.21. The molecule has 0 unspecified atom stereocenters. The van der Waals surface area contributed by atoms with Gasteiger partial charge in [-0.25, -0.2) is 13.6 Å². The van der Waals surface area contributed by atoms with Crippen molar-refractivity contribution < 1.29 is 13.2 Å². The Kier molecular flexibility index (Phi) is 4.84. The van der Waals surface area contributed by atoms with E-state index in [0.717, 1.165) is 44.8 Å². The SMILES string of the molecule is NS(=O)(=O)CCCCC1CCOCC1. The van der Waals surface area contributed by atoms with Crippen LogP contribution in [0.1, 0.15) is 32.1 Å². The van der Waals surface area contributed by atoms with Crippen molar-refractivity contribution in [1.29, 1.82) is 0 Å². The third-order valence-electron chi connectivity index (χ3n) is 2.63. The van der Waals surface area contributed by atoms with Crippen LogP contribution in [0, 0.1) is 5.92 Å². The van der Waals surface area contributed by atoms with E-state index in [-0.39, 0.29) is 5.75 Å². The smallest absolute Gasteiger partial charge is 0.209 e. The molecule has 0 aromatic carbocycles. The van der Waals surface area contributed by atoms with Crippen molar-refractivity contribution in [3.63, 3.8) is 0 Å². The predicted octanol–water partition coefficient (Wildman–Crippen LogP) is 0.872. The molecule has 84 valence electrons. The average molecular weight is 221 g/mol. The second kappa shape index (κ2) is 5.68. The van der Waals surface area contributed by atoms with E-state index in [2.05, 4.69) is 0 Å². The Balaban J connectivity index is 2.03. The van der Waals surface area contributed by atoms with E-state index in [4.69, 9.17) is 9.88 Å². The van der Waals surface area contributed by atoms with Crippen LogP contribution in [0.3, 0.4) is 0 Å². The predicted molar refractivity (Wildman–Crippen MR) is 55.4 cm³/mol. The van der Waals surface area contributed by atoms with Crippen LogP contribution in [0.4, 0.5) is 0 Å². The van der Waals surface area contributed by atoms with Gasteiger partial charge in [-0.3, -0.25) is 0 Å². The van der Waals surface area contributed by atoms with Crippen LogP contribution in [0.25, 0.3) is 0 Å². The molecule has 5 heteroatoms. The van der Waals surface area contributed by atoms with Gasteiger partial charge in [-0.05, 0) is 25.2 Å². The fourth-order valence-corrected chi connectivity index (χ4v) is 2.38. The number of ether oxygens (including phenoxy) is 1. The molecule has 1 heterocycles. The van der Waals surface area contributed by atoms with E-state index in [0.29, 0.717) is 6.42 Å². The third-order valence-corrected chi connectivity index (χ3v) is 3.49. The van der Waals surface area contributed by atoms with E-state index < -0.39 is 10.0 Å². The normalized spacial score (nSPS) is 19.8. The Morgan fingerprint density at radius 3 is 2.43 bits per heavy atom. The van der Waals surface area contributed by atoms with Gasteiger partial charge in [0.25, 0.3) is 0 Å². The Morgan fingerprint density at radius 2 is 1.86 bits per heavy atom. The van der Waals surface area contributed by atoms with Crippen LogP contribution in [0.15, 0.2) is 0 Å². The van der Waals surface area contributed by atoms with Crippen molar-refractivity contribution in [3.8, 4) is 0 Å². The summed E-state index contributed by atoms with van der Waals surface area (Å²) in [6.07, 6.45) is 5.00. The molecule has 1 saturated heterocycles. The quantitative estimate of drug-likeness (QED) is 0.700. The summed E-state index contributed by atoms with van der Waals surface area (Å²) in [5.41, 5.74) is 0. The number of sulfonamides is 1. The highest BCUT2D eigenvalue weighted by atomic mass is 32.2. The van der Waals surface area contributed by atoms with E-state index in [1.54, 1.807) is 0 Å². The summed E-state index contributed by atoms with van der Waals surface area (Å²) in [5.74, 6) is 0.847. The number of primary sulfonamides is 1. The summed E-state index contributed by atoms with van der Waals surface area (Å²) in [7, 11) is -3.25. The van der Waals surface area contributed by atoms with Crippen molar-refractivity contribution in [2.24, 2.45) is 11.1 Å². The molecule has 0 aromatic rings. The Morgan fingerprint density at radius 1 is 1.21 bits per heavy atom. The van der Waals surface area contributed by atoms with Crippen molar-refractivity contribution in [3.05, 3.63) is 0 Å². The molecule has 0 radical (unpaired) electrons. The summed E-state index contributed by atoms with van der Waals surface area (Å²) in [4.78, 5) is 0. The van der Waals surface area contributed by atoms with Gasteiger partial charge in [-0.2, -0.15) is 0 Å². The molecule has 0 aromatic heterocycles. The molecule has 2 N–H and O–H groups in total. The zero-order valence-corrected chi connectivity index (χ0v) is 9.26. The number of rotatable bonds is 5. The summed E-state index contributed by atoms with van der Waals surface area (Å²) < 4.78 is 26.5. The Hall–Kier alpha value is -0.130. The first-order valence-corrected chi connectivity index (χ1v) is 6.88. The third kappa shape index (κ3) is 5.57. The molecular formula is C9H19NO3S. The van der Waals surface area contributed by atoms with Crippen LogP contribution < -0.4 is 5.14 Å². The first-order chi connectivity index (χ1) is 6.58. The Labute approximate surface area is 85.9 Å². The molecule has 0 saturated carbocycles. The minimum absolute atomic E-state index is 0.121. The van der Waals surface area contributed by atoms with E-state index in [1.807, 2.05) is 0 Å². The lowest BCUT2D eigenvalue weighted by Crippen LogP contribution is -2.18. The van der Waals surface area contributed by atoms with Gasteiger partial charge < -0.3 is 4.74 Å². The van der Waals surface area contributed by atoms with Gasteiger partial charge in [0.1, 0.15) is 0 Å². The number of nitrogens with two attached hydrogens (primary N) is 1. The fraction of sp³-hybridized carbons (Fsp3) is 1.00. The standard InChI is InChI=1S/C9H19NO3S/c10-14(11,12)8-2-1-3-9-4-6-13-7-5-9/h9H,1-8H2,(H2,10,11,12). The molecule has 0 aliphatic carbocycles. The highest BCUT2D eigenvalue weighted by molar-refractivity contribution is 7.89. The summed E-state index contributed by atoms with van der Waals surface area (Å²) in [5, 5.41) is 4.91. The Bertz CT molecular complexity index is 245. The number of hydrogen-bond donors (Lipinski definition) is 1. The first kappa shape index (κ1) is 11.9. The van der Waals surface area contributed by atoms with Gasteiger partial charge in [-0.1, -0.05) is 12.8 Å². The molecule has 1 aliphatic rings. The van der Waals surface area contributed by atoms with Crippen LogP contribution in [0.2, 0.25) is 0 Å². The van der Waals surface area contributed by atoms with Crippen LogP contribution >= 0.6 is 0 Å². The van der Waals surface area contributed by atoms with Gasteiger partial charge in [0, 0.05) is 13.2 Å². The van der Waals surface area contributed by atoms with Gasteiger partial charge in [0.15, 0.2) is 0 Å². The number of hydrogen-bond acceptors (Lipinski definition) is 3. The van der Waals surface area contributed by atoms with Crippen molar-refractivity contribution in [1.82, 2.24) is 0 Å². The second-order valence-corrected chi connectivity index (χ2v) is 5.65. The minimum Gasteiger partial charge on any atom is -0.381 e. The largest absolute Gasteiger partial charge is 0.381 e. The lowest BCUT2D eigenvalue weighted by atomic mass is 9.94. The highest BCUT2D eigenvalue weighted by Crippen LogP contribution is 2.20.